The van der Waals surface area contributed by atoms with Crippen molar-refractivity contribution in [1.29, 1.82) is 0 Å². The van der Waals surface area contributed by atoms with Crippen LogP contribution in [0.1, 0.15) is 116 Å². The highest BCUT2D eigenvalue weighted by atomic mass is 31.2. The molecule has 0 bridgehead atoms. The van der Waals surface area contributed by atoms with Crippen LogP contribution in [-0.4, -0.2) is 48.1 Å². The SMILES string of the molecule is CCCCCCCCC=CCCCCCCCCC(CCC[N+](C)(C)C)OP(=O)(O)O. The van der Waals surface area contributed by atoms with Crippen molar-refractivity contribution in [2.45, 2.75) is 122 Å². The van der Waals surface area contributed by atoms with Gasteiger partial charge in [0, 0.05) is 0 Å². The van der Waals surface area contributed by atoms with Crippen LogP contribution in [0.2, 0.25) is 0 Å². The summed E-state index contributed by atoms with van der Waals surface area (Å²) < 4.78 is 17.1. The third kappa shape index (κ3) is 25.9. The van der Waals surface area contributed by atoms with Gasteiger partial charge in [-0.05, 0) is 44.9 Å². The summed E-state index contributed by atoms with van der Waals surface area (Å²) in [6.07, 6.45) is 24.5. The molecule has 0 saturated carbocycles. The molecule has 2 N–H and O–H groups in total. The predicted octanol–water partition coefficient (Wildman–Crippen LogP) is 7.38. The molecule has 0 aromatic heterocycles. The Morgan fingerprint density at radius 1 is 0.742 bits per heavy atom. The van der Waals surface area contributed by atoms with Crippen molar-refractivity contribution in [3.05, 3.63) is 12.2 Å². The molecule has 0 spiro atoms. The van der Waals surface area contributed by atoms with Gasteiger partial charge >= 0.3 is 7.82 Å². The van der Waals surface area contributed by atoms with Crippen LogP contribution in [-0.2, 0) is 9.09 Å². The summed E-state index contributed by atoms with van der Waals surface area (Å²) in [4.78, 5) is 18.3. The van der Waals surface area contributed by atoms with Crippen LogP contribution in [0.5, 0.6) is 0 Å². The molecule has 0 aromatic rings. The Morgan fingerprint density at radius 2 is 1.19 bits per heavy atom. The van der Waals surface area contributed by atoms with Crippen molar-refractivity contribution in [3.63, 3.8) is 0 Å². The van der Waals surface area contributed by atoms with E-state index in [1.165, 1.54) is 77.0 Å². The quantitative estimate of drug-likeness (QED) is 0.0762. The minimum absolute atomic E-state index is 0.329. The van der Waals surface area contributed by atoms with E-state index in [0.29, 0.717) is 6.42 Å². The lowest BCUT2D eigenvalue weighted by molar-refractivity contribution is -0.870. The van der Waals surface area contributed by atoms with Gasteiger partial charge in [-0.15, -0.1) is 0 Å². The van der Waals surface area contributed by atoms with E-state index in [9.17, 15) is 4.57 Å². The van der Waals surface area contributed by atoms with E-state index < -0.39 is 7.82 Å². The molecular formula is C25H53NO4P+. The maximum absolute atomic E-state index is 11.2. The fourth-order valence-electron chi connectivity index (χ4n) is 3.86. The summed E-state index contributed by atoms with van der Waals surface area (Å²) in [6, 6.07) is 0. The molecule has 0 aliphatic rings. The van der Waals surface area contributed by atoms with Gasteiger partial charge in [0.1, 0.15) is 0 Å². The standard InChI is InChI=1S/C25H52NO4P/c1-5-6-7-8-9-10-11-12-13-14-15-16-17-18-19-20-22-25(30-31(27,28)29)23-21-24-26(2,3)4/h12-13,25H,5-11,14-24H2,1-4H3,(H-,27,28,29)/p+1. The summed E-state index contributed by atoms with van der Waals surface area (Å²) in [5.74, 6) is 0. The van der Waals surface area contributed by atoms with Crippen LogP contribution in [0.25, 0.3) is 0 Å². The second-order valence-corrected chi connectivity index (χ2v) is 11.3. The molecule has 0 aromatic carbocycles. The number of phosphoric acid groups is 1. The minimum atomic E-state index is -4.41. The molecule has 0 aliphatic carbocycles. The monoisotopic (exact) mass is 462 g/mol. The van der Waals surface area contributed by atoms with Crippen molar-refractivity contribution in [3.8, 4) is 0 Å². The molecule has 5 nitrogen and oxygen atoms in total. The lowest BCUT2D eigenvalue weighted by Crippen LogP contribution is -2.35. The third-order valence-electron chi connectivity index (χ3n) is 5.68. The second kappa shape index (κ2) is 19.3. The van der Waals surface area contributed by atoms with Gasteiger partial charge in [0.05, 0.1) is 33.8 Å². The van der Waals surface area contributed by atoms with Crippen LogP contribution in [0.3, 0.4) is 0 Å². The zero-order valence-corrected chi connectivity index (χ0v) is 22.0. The van der Waals surface area contributed by atoms with E-state index >= 15 is 0 Å². The van der Waals surface area contributed by atoms with Crippen molar-refractivity contribution >= 4 is 7.82 Å². The number of quaternary nitrogens is 1. The molecule has 0 saturated heterocycles. The summed E-state index contributed by atoms with van der Waals surface area (Å²) in [5, 5.41) is 0. The van der Waals surface area contributed by atoms with E-state index in [1.807, 2.05) is 0 Å². The first-order valence-corrected chi connectivity index (χ1v) is 14.4. The zero-order chi connectivity index (χ0) is 23.4. The number of hydrogen-bond donors (Lipinski definition) is 2. The summed E-state index contributed by atoms with van der Waals surface area (Å²) >= 11 is 0. The molecule has 1 unspecified atom stereocenters. The number of phosphoric ester groups is 1. The fourth-order valence-corrected chi connectivity index (χ4v) is 4.46. The lowest BCUT2D eigenvalue weighted by Gasteiger charge is -2.25. The molecule has 0 aliphatic heterocycles. The highest BCUT2D eigenvalue weighted by molar-refractivity contribution is 7.46. The Hall–Kier alpha value is -0.190. The number of nitrogens with zero attached hydrogens (tertiary/aromatic N) is 1. The smallest absolute Gasteiger partial charge is 0.331 e. The Balaban J connectivity index is 3.67. The minimum Gasteiger partial charge on any atom is -0.331 e. The van der Waals surface area contributed by atoms with E-state index in [0.717, 1.165) is 36.7 Å². The molecule has 31 heavy (non-hydrogen) atoms. The Bertz CT molecular complexity index is 471. The highest BCUT2D eigenvalue weighted by Crippen LogP contribution is 2.39. The van der Waals surface area contributed by atoms with Gasteiger partial charge in [0.2, 0.25) is 0 Å². The summed E-state index contributed by atoms with van der Waals surface area (Å²) in [6.45, 7) is 3.24. The van der Waals surface area contributed by atoms with Gasteiger partial charge in [-0.2, -0.15) is 0 Å². The summed E-state index contributed by atoms with van der Waals surface area (Å²) in [5.41, 5.74) is 0. The van der Waals surface area contributed by atoms with Gasteiger partial charge in [0.25, 0.3) is 0 Å². The van der Waals surface area contributed by atoms with Crippen LogP contribution >= 0.6 is 7.82 Å². The first kappa shape index (κ1) is 30.8. The van der Waals surface area contributed by atoms with Crippen molar-refractivity contribution in [2.24, 2.45) is 0 Å². The molecule has 0 amide bonds. The fraction of sp³-hybridized carbons (Fsp3) is 0.920. The van der Waals surface area contributed by atoms with E-state index in [-0.39, 0.29) is 6.10 Å². The maximum atomic E-state index is 11.2. The van der Waals surface area contributed by atoms with E-state index in [4.69, 9.17) is 14.3 Å². The predicted molar refractivity (Wildman–Crippen MR) is 133 cm³/mol. The molecule has 1 atom stereocenters. The van der Waals surface area contributed by atoms with Crippen LogP contribution in [0.15, 0.2) is 12.2 Å². The molecule has 186 valence electrons. The molecule has 0 rings (SSSR count). The first-order valence-electron chi connectivity index (χ1n) is 12.8. The highest BCUT2D eigenvalue weighted by Gasteiger charge is 2.22. The molecular weight excluding hydrogens is 409 g/mol. The average molecular weight is 463 g/mol. The summed E-state index contributed by atoms with van der Waals surface area (Å²) in [7, 11) is 1.98. The number of hydrogen-bond acceptors (Lipinski definition) is 2. The van der Waals surface area contributed by atoms with Crippen LogP contribution < -0.4 is 0 Å². The normalized spacial score (nSPS) is 13.9. The topological polar surface area (TPSA) is 66.8 Å². The number of allylic oxidation sites excluding steroid dienone is 2. The molecule has 0 fully saturated rings. The number of unbranched alkanes of at least 4 members (excludes halogenated alkanes) is 12. The largest absolute Gasteiger partial charge is 0.469 e. The van der Waals surface area contributed by atoms with Crippen LogP contribution in [0, 0.1) is 0 Å². The van der Waals surface area contributed by atoms with Gasteiger partial charge in [0.15, 0.2) is 0 Å². The van der Waals surface area contributed by atoms with Crippen molar-refractivity contribution in [2.75, 3.05) is 27.7 Å². The molecule has 6 heteroatoms. The zero-order valence-electron chi connectivity index (χ0n) is 21.1. The maximum Gasteiger partial charge on any atom is 0.469 e. The van der Waals surface area contributed by atoms with Gasteiger partial charge < -0.3 is 14.3 Å². The average Bonchev–Trinajstić information content (AvgIpc) is 2.65. The first-order chi connectivity index (χ1) is 14.6. The Kier molecular flexibility index (Phi) is 19.2. The lowest BCUT2D eigenvalue weighted by atomic mass is 10.0. The Labute approximate surface area is 193 Å². The second-order valence-electron chi connectivity index (χ2n) is 10.1. The van der Waals surface area contributed by atoms with Gasteiger partial charge in [-0.1, -0.05) is 83.3 Å². The van der Waals surface area contributed by atoms with Crippen molar-refractivity contribution < 1.29 is 23.4 Å². The van der Waals surface area contributed by atoms with E-state index in [1.54, 1.807) is 0 Å². The van der Waals surface area contributed by atoms with Gasteiger partial charge in [-0.25, -0.2) is 4.57 Å². The van der Waals surface area contributed by atoms with Crippen molar-refractivity contribution in [1.82, 2.24) is 0 Å². The third-order valence-corrected chi connectivity index (χ3v) is 6.25. The van der Waals surface area contributed by atoms with E-state index in [2.05, 4.69) is 40.2 Å². The number of rotatable bonds is 22. The Morgan fingerprint density at radius 3 is 1.68 bits per heavy atom. The molecule has 0 heterocycles. The molecule has 0 radical (unpaired) electrons. The van der Waals surface area contributed by atoms with Crippen LogP contribution in [0.4, 0.5) is 0 Å². The van der Waals surface area contributed by atoms with Gasteiger partial charge in [-0.3, -0.25) is 4.52 Å².